The molecule has 0 saturated heterocycles. The van der Waals surface area contributed by atoms with Crippen molar-refractivity contribution in [3.05, 3.63) is 29.8 Å². The molecule has 0 radical (unpaired) electrons. The molecule has 0 aliphatic rings. The van der Waals surface area contributed by atoms with Gasteiger partial charge in [-0.15, -0.1) is 18.2 Å². The SMILES string of the molecule is C#CCSc1ccc(CN)cc1. The van der Waals surface area contributed by atoms with E-state index in [0.717, 1.165) is 11.3 Å². The Kier molecular flexibility index (Phi) is 3.72. The molecule has 0 fully saturated rings. The number of nitrogens with two attached hydrogens (primary N) is 1. The highest BCUT2D eigenvalue weighted by molar-refractivity contribution is 7.99. The molecule has 12 heavy (non-hydrogen) atoms. The number of thioether (sulfide) groups is 1. The Morgan fingerprint density at radius 3 is 2.50 bits per heavy atom. The van der Waals surface area contributed by atoms with Gasteiger partial charge in [-0.2, -0.15) is 0 Å². The third kappa shape index (κ3) is 2.61. The van der Waals surface area contributed by atoms with E-state index in [-0.39, 0.29) is 0 Å². The van der Waals surface area contributed by atoms with Gasteiger partial charge in [0.25, 0.3) is 0 Å². The third-order valence-corrected chi connectivity index (χ3v) is 2.40. The summed E-state index contributed by atoms with van der Waals surface area (Å²) in [5, 5.41) is 0. The van der Waals surface area contributed by atoms with Crippen LogP contribution in [0.3, 0.4) is 0 Å². The van der Waals surface area contributed by atoms with Crippen molar-refractivity contribution in [2.45, 2.75) is 11.4 Å². The van der Waals surface area contributed by atoms with Crippen molar-refractivity contribution < 1.29 is 0 Å². The first kappa shape index (κ1) is 9.18. The molecule has 1 rings (SSSR count). The van der Waals surface area contributed by atoms with Crippen LogP contribution in [0.15, 0.2) is 29.2 Å². The van der Waals surface area contributed by atoms with Gasteiger partial charge in [0, 0.05) is 11.4 Å². The number of benzene rings is 1. The molecule has 1 aromatic rings. The molecule has 0 atom stereocenters. The Morgan fingerprint density at radius 1 is 1.33 bits per heavy atom. The predicted octanol–water partition coefficient (Wildman–Crippen LogP) is 1.87. The lowest BCUT2D eigenvalue weighted by Crippen LogP contribution is -1.94. The van der Waals surface area contributed by atoms with E-state index < -0.39 is 0 Å². The molecular formula is C10H11NS. The molecular weight excluding hydrogens is 166 g/mol. The molecule has 62 valence electrons. The molecule has 2 N–H and O–H groups in total. The smallest absolute Gasteiger partial charge is 0.0592 e. The van der Waals surface area contributed by atoms with Crippen LogP contribution in [0.25, 0.3) is 0 Å². The van der Waals surface area contributed by atoms with Gasteiger partial charge in [0.1, 0.15) is 0 Å². The van der Waals surface area contributed by atoms with E-state index in [0.29, 0.717) is 6.54 Å². The maximum atomic E-state index is 5.46. The maximum absolute atomic E-state index is 5.46. The highest BCUT2D eigenvalue weighted by Gasteiger charge is 1.91. The van der Waals surface area contributed by atoms with Crippen molar-refractivity contribution in [1.82, 2.24) is 0 Å². The zero-order chi connectivity index (χ0) is 8.81. The van der Waals surface area contributed by atoms with E-state index in [1.807, 2.05) is 24.3 Å². The fourth-order valence-electron chi connectivity index (χ4n) is 0.847. The zero-order valence-corrected chi connectivity index (χ0v) is 7.60. The molecule has 1 nitrogen and oxygen atoms in total. The van der Waals surface area contributed by atoms with E-state index in [4.69, 9.17) is 12.2 Å². The molecule has 0 bridgehead atoms. The monoisotopic (exact) mass is 177 g/mol. The molecule has 2 heteroatoms. The summed E-state index contributed by atoms with van der Waals surface area (Å²) >= 11 is 1.66. The Hall–Kier alpha value is -0.910. The van der Waals surface area contributed by atoms with Crippen LogP contribution in [0.1, 0.15) is 5.56 Å². The van der Waals surface area contributed by atoms with Crippen molar-refractivity contribution in [3.8, 4) is 12.3 Å². The van der Waals surface area contributed by atoms with Crippen LogP contribution in [0, 0.1) is 12.3 Å². The Morgan fingerprint density at radius 2 is 2.00 bits per heavy atom. The lowest BCUT2D eigenvalue weighted by molar-refractivity contribution is 1.07. The topological polar surface area (TPSA) is 26.0 Å². The molecule has 0 aromatic heterocycles. The van der Waals surface area contributed by atoms with Crippen molar-refractivity contribution in [1.29, 1.82) is 0 Å². The average molecular weight is 177 g/mol. The Labute approximate surface area is 77.4 Å². The van der Waals surface area contributed by atoms with E-state index >= 15 is 0 Å². The fraction of sp³-hybridized carbons (Fsp3) is 0.200. The van der Waals surface area contributed by atoms with Gasteiger partial charge in [-0.05, 0) is 17.7 Å². The minimum atomic E-state index is 0.597. The summed E-state index contributed by atoms with van der Waals surface area (Å²) in [6.07, 6.45) is 5.14. The summed E-state index contributed by atoms with van der Waals surface area (Å²) in [7, 11) is 0. The van der Waals surface area contributed by atoms with E-state index in [1.54, 1.807) is 11.8 Å². The zero-order valence-electron chi connectivity index (χ0n) is 6.79. The third-order valence-electron chi connectivity index (χ3n) is 1.48. The number of terminal acetylenes is 1. The second-order valence-corrected chi connectivity index (χ2v) is 3.39. The lowest BCUT2D eigenvalue weighted by atomic mass is 10.2. The first-order valence-corrected chi connectivity index (χ1v) is 4.70. The van der Waals surface area contributed by atoms with Gasteiger partial charge in [0.2, 0.25) is 0 Å². The molecule has 0 amide bonds. The van der Waals surface area contributed by atoms with E-state index in [1.165, 1.54) is 4.90 Å². The van der Waals surface area contributed by atoms with Gasteiger partial charge in [0.15, 0.2) is 0 Å². The van der Waals surface area contributed by atoms with E-state index in [9.17, 15) is 0 Å². The van der Waals surface area contributed by atoms with Gasteiger partial charge in [0.05, 0.1) is 5.75 Å². The largest absolute Gasteiger partial charge is 0.326 e. The molecule has 0 saturated carbocycles. The summed E-state index contributed by atoms with van der Waals surface area (Å²) in [6, 6.07) is 8.14. The summed E-state index contributed by atoms with van der Waals surface area (Å²) in [5.41, 5.74) is 6.61. The van der Waals surface area contributed by atoms with Crippen LogP contribution in [-0.2, 0) is 6.54 Å². The lowest BCUT2D eigenvalue weighted by Gasteiger charge is -1.98. The summed E-state index contributed by atoms with van der Waals surface area (Å²) in [6.45, 7) is 0.597. The van der Waals surface area contributed by atoms with Crippen molar-refractivity contribution in [2.24, 2.45) is 5.73 Å². The van der Waals surface area contributed by atoms with E-state index in [2.05, 4.69) is 5.92 Å². The van der Waals surface area contributed by atoms with Gasteiger partial charge >= 0.3 is 0 Å². The average Bonchev–Trinajstić information content (AvgIpc) is 2.15. The van der Waals surface area contributed by atoms with Gasteiger partial charge in [-0.25, -0.2) is 0 Å². The first-order valence-electron chi connectivity index (χ1n) is 3.72. The van der Waals surface area contributed by atoms with Crippen LogP contribution in [-0.4, -0.2) is 5.75 Å². The standard InChI is InChI=1S/C10H11NS/c1-2-7-12-10-5-3-9(8-11)4-6-10/h1,3-6H,7-8,11H2. The van der Waals surface area contributed by atoms with Gasteiger partial charge < -0.3 is 5.73 Å². The molecule has 0 aliphatic carbocycles. The predicted molar refractivity (Wildman–Crippen MR) is 53.9 cm³/mol. The summed E-state index contributed by atoms with van der Waals surface area (Å²) in [4.78, 5) is 1.20. The summed E-state index contributed by atoms with van der Waals surface area (Å²) < 4.78 is 0. The van der Waals surface area contributed by atoms with Crippen molar-refractivity contribution in [2.75, 3.05) is 5.75 Å². The second kappa shape index (κ2) is 4.87. The number of hydrogen-bond acceptors (Lipinski definition) is 2. The van der Waals surface area contributed by atoms with Crippen molar-refractivity contribution in [3.63, 3.8) is 0 Å². The van der Waals surface area contributed by atoms with Crippen LogP contribution in [0.2, 0.25) is 0 Å². The quantitative estimate of drug-likeness (QED) is 0.563. The number of rotatable bonds is 3. The fourth-order valence-corrected chi connectivity index (χ4v) is 1.43. The molecule has 0 unspecified atom stereocenters. The highest BCUT2D eigenvalue weighted by Crippen LogP contribution is 2.17. The molecule has 0 spiro atoms. The maximum Gasteiger partial charge on any atom is 0.0592 e. The minimum absolute atomic E-state index is 0.597. The minimum Gasteiger partial charge on any atom is -0.326 e. The highest BCUT2D eigenvalue weighted by atomic mass is 32.2. The van der Waals surface area contributed by atoms with Crippen molar-refractivity contribution >= 4 is 11.8 Å². The van der Waals surface area contributed by atoms with Gasteiger partial charge in [-0.1, -0.05) is 18.1 Å². The van der Waals surface area contributed by atoms with Crippen LogP contribution in [0.5, 0.6) is 0 Å². The van der Waals surface area contributed by atoms with Crippen LogP contribution >= 0.6 is 11.8 Å². The molecule has 1 aromatic carbocycles. The first-order chi connectivity index (χ1) is 5.86. The Balaban J connectivity index is 2.60. The summed E-state index contributed by atoms with van der Waals surface area (Å²) in [5.74, 6) is 3.31. The second-order valence-electron chi connectivity index (χ2n) is 2.34. The number of hydrogen-bond donors (Lipinski definition) is 1. The Bertz CT molecular complexity index is 271. The molecule has 0 heterocycles. The molecule has 0 aliphatic heterocycles. The normalized spacial score (nSPS) is 9.33. The van der Waals surface area contributed by atoms with Crippen LogP contribution in [0.4, 0.5) is 0 Å². The van der Waals surface area contributed by atoms with Crippen LogP contribution < -0.4 is 5.73 Å². The van der Waals surface area contributed by atoms with Gasteiger partial charge in [-0.3, -0.25) is 0 Å².